The highest BCUT2D eigenvalue weighted by molar-refractivity contribution is 5.78. The van der Waals surface area contributed by atoms with Gasteiger partial charge in [0.1, 0.15) is 17.3 Å². The zero-order valence-electron chi connectivity index (χ0n) is 18.6. The summed E-state index contributed by atoms with van der Waals surface area (Å²) in [5.74, 6) is 1.36. The van der Waals surface area contributed by atoms with Crippen molar-refractivity contribution in [2.75, 3.05) is 13.1 Å². The van der Waals surface area contributed by atoms with Crippen LogP contribution in [0.4, 0.5) is 4.39 Å². The number of amides is 1. The molecule has 31 heavy (non-hydrogen) atoms. The van der Waals surface area contributed by atoms with E-state index in [1.807, 2.05) is 67.0 Å². The number of rotatable bonds is 10. The molecule has 0 unspecified atom stereocenters. The Balaban J connectivity index is 1.72. The van der Waals surface area contributed by atoms with Crippen molar-refractivity contribution in [1.29, 1.82) is 0 Å². The van der Waals surface area contributed by atoms with E-state index in [9.17, 15) is 9.18 Å². The van der Waals surface area contributed by atoms with Crippen LogP contribution in [-0.2, 0) is 24.3 Å². The summed E-state index contributed by atoms with van der Waals surface area (Å²) in [6, 6.07) is 20.8. The molecule has 0 atom stereocenters. The molecule has 4 nitrogen and oxygen atoms in total. The van der Waals surface area contributed by atoms with Gasteiger partial charge in [0.15, 0.2) is 0 Å². The fraction of sp³-hybridized carbons (Fsp3) is 0.346. The van der Waals surface area contributed by atoms with Gasteiger partial charge in [-0.15, -0.1) is 0 Å². The number of carbonyl (C=O) groups excluding carboxylic acids is 1. The molecular weight excluding hydrogens is 391 g/mol. The molecule has 0 saturated heterocycles. The van der Waals surface area contributed by atoms with Crippen LogP contribution in [0.1, 0.15) is 36.5 Å². The summed E-state index contributed by atoms with van der Waals surface area (Å²) < 4.78 is 19.9. The van der Waals surface area contributed by atoms with E-state index in [0.29, 0.717) is 25.2 Å². The molecule has 0 aliphatic heterocycles. The Labute approximate surface area is 184 Å². The lowest BCUT2D eigenvalue weighted by Gasteiger charge is -2.30. The third-order valence-corrected chi connectivity index (χ3v) is 5.41. The van der Waals surface area contributed by atoms with Crippen LogP contribution in [0.15, 0.2) is 71.1 Å². The van der Waals surface area contributed by atoms with Crippen molar-refractivity contribution in [3.8, 4) is 0 Å². The van der Waals surface area contributed by atoms with E-state index in [1.165, 1.54) is 11.6 Å². The number of carbonyl (C=O) groups is 1. The summed E-state index contributed by atoms with van der Waals surface area (Å²) in [5, 5.41) is 0. The monoisotopic (exact) mass is 422 g/mol. The lowest BCUT2D eigenvalue weighted by molar-refractivity contribution is -0.134. The number of halogens is 1. The lowest BCUT2D eigenvalue weighted by atomic mass is 10.1. The van der Waals surface area contributed by atoms with Crippen molar-refractivity contribution in [3.05, 3.63) is 95.2 Å². The van der Waals surface area contributed by atoms with E-state index < -0.39 is 0 Å². The second-order valence-corrected chi connectivity index (χ2v) is 8.15. The third-order valence-electron chi connectivity index (χ3n) is 5.41. The number of aryl methyl sites for hydroxylation is 1. The van der Waals surface area contributed by atoms with Gasteiger partial charge in [-0.25, -0.2) is 4.39 Å². The predicted molar refractivity (Wildman–Crippen MR) is 121 cm³/mol. The molecule has 3 rings (SSSR count). The van der Waals surface area contributed by atoms with Gasteiger partial charge >= 0.3 is 0 Å². The van der Waals surface area contributed by atoms with Gasteiger partial charge in [-0.3, -0.25) is 9.69 Å². The molecule has 0 aliphatic carbocycles. The van der Waals surface area contributed by atoms with E-state index in [0.717, 1.165) is 17.9 Å². The second-order valence-electron chi connectivity index (χ2n) is 8.15. The van der Waals surface area contributed by atoms with Crippen LogP contribution in [0.3, 0.4) is 0 Å². The Morgan fingerprint density at radius 2 is 1.68 bits per heavy atom. The topological polar surface area (TPSA) is 36.7 Å². The van der Waals surface area contributed by atoms with Crippen LogP contribution < -0.4 is 0 Å². The van der Waals surface area contributed by atoms with Crippen molar-refractivity contribution in [2.24, 2.45) is 0 Å². The van der Waals surface area contributed by atoms with Crippen LogP contribution >= 0.6 is 0 Å². The molecule has 3 aromatic rings. The number of hydrogen-bond donors (Lipinski definition) is 0. The van der Waals surface area contributed by atoms with Crippen molar-refractivity contribution >= 4 is 5.91 Å². The number of benzene rings is 2. The molecule has 0 saturated carbocycles. The van der Waals surface area contributed by atoms with E-state index in [4.69, 9.17) is 4.42 Å². The number of furan rings is 1. The van der Waals surface area contributed by atoms with E-state index in [1.54, 1.807) is 12.1 Å². The van der Waals surface area contributed by atoms with Crippen LogP contribution in [0.2, 0.25) is 0 Å². The normalized spacial score (nSPS) is 11.3. The first-order valence-corrected chi connectivity index (χ1v) is 10.8. The van der Waals surface area contributed by atoms with Crippen LogP contribution in [0, 0.1) is 12.7 Å². The van der Waals surface area contributed by atoms with Gasteiger partial charge < -0.3 is 9.32 Å². The van der Waals surface area contributed by atoms with Crippen molar-refractivity contribution in [3.63, 3.8) is 0 Å². The summed E-state index contributed by atoms with van der Waals surface area (Å²) in [6.45, 7) is 7.58. The minimum atomic E-state index is -0.243. The smallest absolute Gasteiger partial charge is 0.237 e. The average Bonchev–Trinajstić information content (AvgIpc) is 3.17. The summed E-state index contributed by atoms with van der Waals surface area (Å²) >= 11 is 0. The molecule has 0 radical (unpaired) electrons. The molecule has 0 bridgehead atoms. The maximum atomic E-state index is 14.2. The minimum absolute atomic E-state index is 0.00928. The van der Waals surface area contributed by atoms with Gasteiger partial charge in [0.05, 0.1) is 13.1 Å². The van der Waals surface area contributed by atoms with Crippen molar-refractivity contribution in [2.45, 2.75) is 46.3 Å². The molecule has 0 spiro atoms. The van der Waals surface area contributed by atoms with Crippen LogP contribution in [0.25, 0.3) is 0 Å². The highest BCUT2D eigenvalue weighted by atomic mass is 19.1. The summed E-state index contributed by atoms with van der Waals surface area (Å²) in [6.07, 6.45) is 0.765. The Morgan fingerprint density at radius 3 is 2.32 bits per heavy atom. The van der Waals surface area contributed by atoms with Gasteiger partial charge in [-0.05, 0) is 51.0 Å². The van der Waals surface area contributed by atoms with Crippen LogP contribution in [0.5, 0.6) is 0 Å². The zero-order chi connectivity index (χ0) is 22.2. The molecular formula is C26H31FN2O2. The molecule has 1 aromatic heterocycles. The number of hydrogen-bond acceptors (Lipinski definition) is 3. The maximum absolute atomic E-state index is 14.2. The van der Waals surface area contributed by atoms with Gasteiger partial charge in [0, 0.05) is 24.7 Å². The molecule has 1 amide bonds. The molecule has 1 heterocycles. The van der Waals surface area contributed by atoms with E-state index in [2.05, 4.69) is 12.1 Å². The summed E-state index contributed by atoms with van der Waals surface area (Å²) in [4.78, 5) is 17.2. The molecule has 0 fully saturated rings. The fourth-order valence-electron chi connectivity index (χ4n) is 3.50. The zero-order valence-corrected chi connectivity index (χ0v) is 18.6. The molecule has 2 aromatic carbocycles. The molecule has 5 heteroatoms. The van der Waals surface area contributed by atoms with Crippen molar-refractivity contribution < 1.29 is 13.6 Å². The maximum Gasteiger partial charge on any atom is 0.237 e. The highest BCUT2D eigenvalue weighted by Gasteiger charge is 2.21. The largest absolute Gasteiger partial charge is 0.464 e. The Hall–Kier alpha value is -2.92. The van der Waals surface area contributed by atoms with Gasteiger partial charge in [-0.2, -0.15) is 0 Å². The molecule has 164 valence electrons. The third kappa shape index (κ3) is 6.79. The first-order chi connectivity index (χ1) is 14.9. The Kier molecular flexibility index (Phi) is 8.01. The summed E-state index contributed by atoms with van der Waals surface area (Å²) in [5.41, 5.74) is 1.78. The first kappa shape index (κ1) is 22.8. The fourth-order valence-corrected chi connectivity index (χ4v) is 3.50. The van der Waals surface area contributed by atoms with Crippen molar-refractivity contribution in [1.82, 2.24) is 9.80 Å². The highest BCUT2D eigenvalue weighted by Crippen LogP contribution is 2.15. The summed E-state index contributed by atoms with van der Waals surface area (Å²) in [7, 11) is 0. The Morgan fingerprint density at radius 1 is 0.968 bits per heavy atom. The SMILES string of the molecule is Cc1ccc(CN(CCc2ccccc2)C(=O)CN(Cc2ccccc2F)C(C)C)o1. The predicted octanol–water partition coefficient (Wildman–Crippen LogP) is 5.21. The number of nitrogens with zero attached hydrogens (tertiary/aromatic N) is 2. The molecule has 0 aliphatic rings. The minimum Gasteiger partial charge on any atom is -0.464 e. The van der Waals surface area contributed by atoms with Gasteiger partial charge in [0.2, 0.25) is 5.91 Å². The van der Waals surface area contributed by atoms with E-state index >= 15 is 0 Å². The van der Waals surface area contributed by atoms with E-state index in [-0.39, 0.29) is 24.3 Å². The quantitative estimate of drug-likeness (QED) is 0.450. The van der Waals surface area contributed by atoms with Gasteiger partial charge in [0.25, 0.3) is 0 Å². The molecule has 0 N–H and O–H groups in total. The lowest BCUT2D eigenvalue weighted by Crippen LogP contribution is -2.43. The standard InChI is InChI=1S/C26H31FN2O2/c1-20(2)29(17-23-11-7-8-12-25(23)27)19-26(30)28(18-24-14-13-21(3)31-24)16-15-22-9-5-4-6-10-22/h4-14,20H,15-19H2,1-3H3. The Bertz CT molecular complexity index is 968. The van der Waals surface area contributed by atoms with Crippen LogP contribution in [-0.4, -0.2) is 34.8 Å². The van der Waals surface area contributed by atoms with Gasteiger partial charge in [-0.1, -0.05) is 48.5 Å². The second kappa shape index (κ2) is 10.9. The first-order valence-electron chi connectivity index (χ1n) is 10.8. The average molecular weight is 423 g/mol.